The van der Waals surface area contributed by atoms with E-state index in [1.54, 1.807) is 22.5 Å². The quantitative estimate of drug-likeness (QED) is 0.714. The molecule has 0 fully saturated rings. The van der Waals surface area contributed by atoms with E-state index in [1.807, 2.05) is 26.0 Å². The second-order valence-electron chi connectivity index (χ2n) is 5.29. The maximum Gasteiger partial charge on any atom is 0.228 e. The Morgan fingerprint density at radius 2 is 2.05 bits per heavy atom. The fourth-order valence-corrected chi connectivity index (χ4v) is 3.50. The molecule has 2 aromatic heterocycles. The average molecular weight is 314 g/mol. The average Bonchev–Trinajstić information content (AvgIpc) is 3.17. The Kier molecular flexibility index (Phi) is 3.98. The van der Waals surface area contributed by atoms with Crippen molar-refractivity contribution < 1.29 is 9.21 Å². The molecule has 0 unspecified atom stereocenters. The molecule has 0 saturated heterocycles. The van der Waals surface area contributed by atoms with Gasteiger partial charge in [-0.05, 0) is 37.1 Å². The van der Waals surface area contributed by atoms with Gasteiger partial charge in [-0.25, -0.2) is 4.98 Å². The smallest absolute Gasteiger partial charge is 0.228 e. The molecule has 0 radical (unpaired) electrons. The van der Waals surface area contributed by atoms with Crippen LogP contribution in [-0.4, -0.2) is 10.9 Å². The van der Waals surface area contributed by atoms with Crippen LogP contribution in [0.4, 0.5) is 5.13 Å². The second-order valence-corrected chi connectivity index (χ2v) is 6.26. The van der Waals surface area contributed by atoms with E-state index in [4.69, 9.17) is 9.40 Å². The van der Waals surface area contributed by atoms with Crippen LogP contribution in [0.2, 0.25) is 0 Å². The number of rotatable bonds is 4. The number of hydrogen-bond acceptors (Lipinski definition) is 4. The van der Waals surface area contributed by atoms with Crippen LogP contribution in [0.5, 0.6) is 0 Å². The minimum atomic E-state index is 0.0470. The van der Waals surface area contributed by atoms with E-state index in [9.17, 15) is 4.79 Å². The fraction of sp³-hybridized carbons (Fsp3) is 0.294. The second kappa shape index (κ2) is 5.93. The van der Waals surface area contributed by atoms with Gasteiger partial charge in [0, 0.05) is 6.42 Å². The van der Waals surface area contributed by atoms with Crippen molar-refractivity contribution in [3.05, 3.63) is 47.4 Å². The van der Waals surface area contributed by atoms with E-state index in [1.165, 1.54) is 5.56 Å². The first kappa shape index (κ1) is 14.8. The van der Waals surface area contributed by atoms with Crippen molar-refractivity contribution in [2.24, 2.45) is 0 Å². The lowest BCUT2D eigenvalue weighted by Crippen LogP contribution is -2.29. The molecule has 0 atom stereocenters. The number of nitrogens with zero attached hydrogens (tertiary/aromatic N) is 2. The highest BCUT2D eigenvalue weighted by Crippen LogP contribution is 2.34. The van der Waals surface area contributed by atoms with Crippen molar-refractivity contribution in [1.82, 2.24) is 4.98 Å². The number of furan rings is 1. The Bertz CT molecular complexity index is 767. The number of aryl methyl sites for hydroxylation is 2. The third-order valence-corrected chi connectivity index (χ3v) is 4.87. The fourth-order valence-electron chi connectivity index (χ4n) is 2.38. The third kappa shape index (κ3) is 2.64. The van der Waals surface area contributed by atoms with Crippen molar-refractivity contribution >= 4 is 32.6 Å². The summed E-state index contributed by atoms with van der Waals surface area (Å²) in [5.41, 5.74) is 3.30. The monoisotopic (exact) mass is 314 g/mol. The Hall–Kier alpha value is -2.14. The summed E-state index contributed by atoms with van der Waals surface area (Å²) >= 11 is 1.56. The molecule has 0 bridgehead atoms. The molecule has 0 saturated carbocycles. The Labute approximate surface area is 133 Å². The maximum absolute atomic E-state index is 12.3. The van der Waals surface area contributed by atoms with Crippen LogP contribution >= 0.6 is 11.3 Å². The maximum atomic E-state index is 12.3. The predicted octanol–water partition coefficient (Wildman–Crippen LogP) is 4.45. The number of fused-ring (bicyclic) bond motifs is 1. The largest absolute Gasteiger partial charge is 0.467 e. The molecular weight excluding hydrogens is 296 g/mol. The highest BCUT2D eigenvalue weighted by molar-refractivity contribution is 7.22. The number of aromatic nitrogens is 1. The van der Waals surface area contributed by atoms with Gasteiger partial charge in [0.2, 0.25) is 5.91 Å². The summed E-state index contributed by atoms with van der Waals surface area (Å²) in [6.45, 7) is 6.39. The van der Waals surface area contributed by atoms with Crippen molar-refractivity contribution in [2.75, 3.05) is 4.90 Å². The highest BCUT2D eigenvalue weighted by atomic mass is 32.1. The van der Waals surface area contributed by atoms with Crippen LogP contribution in [0.1, 0.15) is 30.2 Å². The molecule has 0 aliphatic heterocycles. The van der Waals surface area contributed by atoms with E-state index in [0.717, 1.165) is 26.7 Å². The lowest BCUT2D eigenvalue weighted by atomic mass is 10.1. The normalized spacial score (nSPS) is 11.0. The van der Waals surface area contributed by atoms with E-state index >= 15 is 0 Å². The van der Waals surface area contributed by atoms with Crippen LogP contribution in [0, 0.1) is 13.8 Å². The van der Waals surface area contributed by atoms with Gasteiger partial charge in [-0.15, -0.1) is 0 Å². The molecule has 22 heavy (non-hydrogen) atoms. The molecule has 114 valence electrons. The lowest BCUT2D eigenvalue weighted by molar-refractivity contribution is -0.118. The molecule has 3 rings (SSSR count). The van der Waals surface area contributed by atoms with Crippen molar-refractivity contribution in [3.8, 4) is 0 Å². The number of benzene rings is 1. The predicted molar refractivity (Wildman–Crippen MR) is 89.3 cm³/mol. The van der Waals surface area contributed by atoms with Gasteiger partial charge in [0.15, 0.2) is 5.13 Å². The summed E-state index contributed by atoms with van der Waals surface area (Å²) in [5.74, 6) is 0.806. The van der Waals surface area contributed by atoms with Crippen LogP contribution in [0.25, 0.3) is 10.2 Å². The first-order valence-corrected chi connectivity index (χ1v) is 8.11. The summed E-state index contributed by atoms with van der Waals surface area (Å²) in [6, 6.07) is 7.87. The van der Waals surface area contributed by atoms with Gasteiger partial charge < -0.3 is 4.42 Å². The zero-order valence-corrected chi connectivity index (χ0v) is 13.7. The number of anilines is 1. The summed E-state index contributed by atoms with van der Waals surface area (Å²) in [4.78, 5) is 18.8. The molecule has 4 nitrogen and oxygen atoms in total. The van der Waals surface area contributed by atoms with Gasteiger partial charge >= 0.3 is 0 Å². The molecular formula is C17H18N2O2S. The van der Waals surface area contributed by atoms with Crippen LogP contribution < -0.4 is 4.90 Å². The minimum absolute atomic E-state index is 0.0470. The Morgan fingerprint density at radius 3 is 2.68 bits per heavy atom. The van der Waals surface area contributed by atoms with Gasteiger partial charge in [0.25, 0.3) is 0 Å². The summed E-state index contributed by atoms with van der Waals surface area (Å²) in [5, 5.41) is 0.732. The van der Waals surface area contributed by atoms with Crippen molar-refractivity contribution in [3.63, 3.8) is 0 Å². The topological polar surface area (TPSA) is 46.3 Å². The first-order valence-electron chi connectivity index (χ1n) is 7.29. The molecule has 1 aromatic carbocycles. The summed E-state index contributed by atoms with van der Waals surface area (Å²) in [6.07, 6.45) is 2.06. The molecule has 1 amide bonds. The summed E-state index contributed by atoms with van der Waals surface area (Å²) < 4.78 is 6.53. The zero-order valence-electron chi connectivity index (χ0n) is 12.9. The number of carbonyl (C=O) groups excluding carboxylic acids is 1. The molecule has 0 aliphatic rings. The lowest BCUT2D eigenvalue weighted by Gasteiger charge is -2.17. The van der Waals surface area contributed by atoms with E-state index in [-0.39, 0.29) is 5.91 Å². The van der Waals surface area contributed by atoms with Crippen molar-refractivity contribution in [2.45, 2.75) is 33.7 Å². The molecule has 3 aromatic rings. The Morgan fingerprint density at radius 1 is 1.27 bits per heavy atom. The van der Waals surface area contributed by atoms with Gasteiger partial charge in [0.05, 0.1) is 23.0 Å². The number of carbonyl (C=O) groups is 1. The zero-order chi connectivity index (χ0) is 15.7. The number of hydrogen-bond donors (Lipinski definition) is 0. The third-order valence-electron chi connectivity index (χ3n) is 3.66. The van der Waals surface area contributed by atoms with Crippen LogP contribution in [0.15, 0.2) is 34.9 Å². The molecule has 0 spiro atoms. The highest BCUT2D eigenvalue weighted by Gasteiger charge is 2.20. The van der Waals surface area contributed by atoms with Gasteiger partial charge in [-0.2, -0.15) is 0 Å². The van der Waals surface area contributed by atoms with Crippen LogP contribution in [-0.2, 0) is 11.3 Å². The molecule has 5 heteroatoms. The van der Waals surface area contributed by atoms with E-state index in [2.05, 4.69) is 19.1 Å². The van der Waals surface area contributed by atoms with Gasteiger partial charge in [-0.3, -0.25) is 9.69 Å². The molecule has 0 N–H and O–H groups in total. The molecule has 2 heterocycles. The van der Waals surface area contributed by atoms with Crippen molar-refractivity contribution in [1.29, 1.82) is 0 Å². The van der Waals surface area contributed by atoms with E-state index in [0.29, 0.717) is 13.0 Å². The SMILES string of the molecule is CCC(=O)N(Cc1ccco1)c1nc2c(C)ccc(C)c2s1. The standard InChI is InChI=1S/C17H18N2O2S/c1-4-14(20)19(10-13-6-5-9-21-13)17-18-15-11(2)7-8-12(3)16(15)22-17/h5-9H,4,10H2,1-3H3. The van der Waals surface area contributed by atoms with Gasteiger partial charge in [0.1, 0.15) is 5.76 Å². The number of thiazole rings is 1. The minimum Gasteiger partial charge on any atom is -0.467 e. The number of amides is 1. The summed E-state index contributed by atoms with van der Waals surface area (Å²) in [7, 11) is 0. The van der Waals surface area contributed by atoms with E-state index < -0.39 is 0 Å². The Balaban J connectivity index is 2.06. The van der Waals surface area contributed by atoms with Gasteiger partial charge in [-0.1, -0.05) is 30.4 Å². The van der Waals surface area contributed by atoms with Crippen LogP contribution in [0.3, 0.4) is 0 Å². The first-order chi connectivity index (χ1) is 10.6. The molecule has 0 aliphatic carbocycles.